The highest BCUT2D eigenvalue weighted by Crippen LogP contribution is 2.63. The van der Waals surface area contributed by atoms with Gasteiger partial charge in [0.25, 0.3) is 0 Å². The van der Waals surface area contributed by atoms with Gasteiger partial charge in [0.2, 0.25) is 0 Å². The molecule has 4 aliphatic carbocycles. The third kappa shape index (κ3) is 2.00. The van der Waals surface area contributed by atoms with Crippen molar-refractivity contribution in [1.29, 1.82) is 0 Å². The minimum atomic E-state index is -0.515. The molecule has 0 spiro atoms. The molecule has 5 aliphatic rings. The summed E-state index contributed by atoms with van der Waals surface area (Å²) in [4.78, 5) is 4.34. The van der Waals surface area contributed by atoms with Gasteiger partial charge < -0.3 is 14.8 Å². The summed E-state index contributed by atoms with van der Waals surface area (Å²) in [5, 5.41) is 22.5. The van der Waals surface area contributed by atoms with Crippen LogP contribution in [0.25, 0.3) is 11.3 Å². The van der Waals surface area contributed by atoms with E-state index >= 15 is 0 Å². The maximum Gasteiger partial charge on any atom is 0.0956 e. The first-order chi connectivity index (χ1) is 12.6. The van der Waals surface area contributed by atoms with Crippen LogP contribution in [0.3, 0.4) is 0 Å². The van der Waals surface area contributed by atoms with Crippen molar-refractivity contribution in [3.63, 3.8) is 0 Å². The molecule has 26 heavy (non-hydrogen) atoms. The smallest absolute Gasteiger partial charge is 0.0956 e. The zero-order valence-corrected chi connectivity index (χ0v) is 15.0. The van der Waals surface area contributed by atoms with E-state index < -0.39 is 5.60 Å². The van der Waals surface area contributed by atoms with Crippen LogP contribution in [0.15, 0.2) is 36.8 Å². The zero-order chi connectivity index (χ0) is 17.5. The summed E-state index contributed by atoms with van der Waals surface area (Å²) in [5.41, 5.74) is 3.09. The van der Waals surface area contributed by atoms with Gasteiger partial charge in [0.05, 0.1) is 36.0 Å². The van der Waals surface area contributed by atoms with Crippen LogP contribution in [0.4, 0.5) is 0 Å². The molecule has 2 heterocycles. The van der Waals surface area contributed by atoms with Crippen LogP contribution < -0.4 is 0 Å². The standard InChI is InChI=1S/C22H26N2O2/c25-20(21-7-14-5-15(8-21)10-22(26,9-14)12-21)6-18-16-3-1-2-4-17(16)19-11-23-13-24(18)19/h1-4,11,13-15,18,20,25-26H,5-10,12H2/t14?,15?,18-,20-,21?,22?/m1/s1. The lowest BCUT2D eigenvalue weighted by Gasteiger charge is -2.61. The van der Waals surface area contributed by atoms with Crippen molar-refractivity contribution in [2.45, 2.75) is 62.7 Å². The fourth-order valence-corrected chi connectivity index (χ4v) is 7.31. The molecule has 2 aromatic rings. The van der Waals surface area contributed by atoms with Gasteiger partial charge in [-0.1, -0.05) is 24.3 Å². The van der Waals surface area contributed by atoms with Crippen molar-refractivity contribution in [1.82, 2.24) is 9.55 Å². The molecule has 4 saturated carbocycles. The van der Waals surface area contributed by atoms with E-state index in [1.807, 2.05) is 12.5 Å². The second-order valence-electron chi connectivity index (χ2n) is 9.59. The molecule has 2 N–H and O–H groups in total. The van der Waals surface area contributed by atoms with Gasteiger partial charge in [-0.3, -0.25) is 0 Å². The summed E-state index contributed by atoms with van der Waals surface area (Å²) in [6.45, 7) is 0. The average Bonchev–Trinajstić information content (AvgIpc) is 3.15. The summed E-state index contributed by atoms with van der Waals surface area (Å²) in [5.74, 6) is 1.21. The van der Waals surface area contributed by atoms with E-state index in [0.29, 0.717) is 11.8 Å². The van der Waals surface area contributed by atoms with Gasteiger partial charge in [0.15, 0.2) is 0 Å². The molecular weight excluding hydrogens is 324 g/mol. The minimum Gasteiger partial charge on any atom is -0.392 e. The monoisotopic (exact) mass is 350 g/mol. The number of aliphatic hydroxyl groups is 2. The summed E-state index contributed by atoms with van der Waals surface area (Å²) in [6.07, 6.45) is 10.3. The van der Waals surface area contributed by atoms with E-state index in [0.717, 1.165) is 44.2 Å². The van der Waals surface area contributed by atoms with Crippen LogP contribution >= 0.6 is 0 Å². The molecule has 136 valence electrons. The van der Waals surface area contributed by atoms with Gasteiger partial charge in [-0.25, -0.2) is 4.98 Å². The lowest BCUT2D eigenvalue weighted by atomic mass is 9.46. The molecule has 1 aromatic carbocycles. The fraction of sp³-hybridized carbons (Fsp3) is 0.591. The van der Waals surface area contributed by atoms with Gasteiger partial charge in [-0.15, -0.1) is 0 Å². The van der Waals surface area contributed by atoms with Crippen LogP contribution in [0, 0.1) is 17.3 Å². The van der Waals surface area contributed by atoms with Crippen LogP contribution in [-0.2, 0) is 0 Å². The number of hydrogen-bond acceptors (Lipinski definition) is 3. The molecule has 2 unspecified atom stereocenters. The molecule has 0 amide bonds. The van der Waals surface area contributed by atoms with Crippen LogP contribution in [0.5, 0.6) is 0 Å². The second kappa shape index (κ2) is 4.99. The molecular formula is C22H26N2O2. The molecule has 4 atom stereocenters. The first-order valence-corrected chi connectivity index (χ1v) is 10.1. The normalized spacial score (nSPS) is 40.5. The summed E-state index contributed by atoms with van der Waals surface area (Å²) in [7, 11) is 0. The fourth-order valence-electron chi connectivity index (χ4n) is 7.31. The Hall–Kier alpha value is -1.65. The first-order valence-electron chi connectivity index (χ1n) is 10.1. The van der Waals surface area contributed by atoms with E-state index in [-0.39, 0.29) is 17.6 Å². The lowest BCUT2D eigenvalue weighted by Crippen LogP contribution is -2.59. The van der Waals surface area contributed by atoms with Crippen molar-refractivity contribution >= 4 is 0 Å². The van der Waals surface area contributed by atoms with Crippen LogP contribution in [-0.4, -0.2) is 31.5 Å². The number of nitrogens with zero attached hydrogens (tertiary/aromatic N) is 2. The topological polar surface area (TPSA) is 58.3 Å². The Balaban J connectivity index is 1.34. The van der Waals surface area contributed by atoms with E-state index in [1.54, 1.807) is 0 Å². The SMILES string of the molecule is O[C@H](C[C@@H]1c2ccccc2-c2cncn21)C12CC3CC(CC(O)(C3)C1)C2. The summed E-state index contributed by atoms with van der Waals surface area (Å²) < 4.78 is 2.23. The molecule has 0 radical (unpaired) electrons. The molecule has 4 fully saturated rings. The Morgan fingerprint density at radius 2 is 1.92 bits per heavy atom. The highest BCUT2D eigenvalue weighted by Gasteiger charge is 2.59. The Kier molecular flexibility index (Phi) is 2.96. The van der Waals surface area contributed by atoms with Gasteiger partial charge in [0, 0.05) is 5.56 Å². The number of aliphatic hydroxyl groups excluding tert-OH is 1. The Labute approximate surface area is 153 Å². The van der Waals surface area contributed by atoms with E-state index in [2.05, 4.69) is 33.8 Å². The second-order valence-corrected chi connectivity index (χ2v) is 9.59. The Morgan fingerprint density at radius 3 is 2.69 bits per heavy atom. The lowest BCUT2D eigenvalue weighted by molar-refractivity contribution is -0.197. The average molecular weight is 350 g/mol. The molecule has 7 rings (SSSR count). The van der Waals surface area contributed by atoms with Crippen molar-refractivity contribution < 1.29 is 10.2 Å². The van der Waals surface area contributed by atoms with Crippen molar-refractivity contribution in [2.75, 3.05) is 0 Å². The van der Waals surface area contributed by atoms with Crippen LogP contribution in [0.1, 0.15) is 56.6 Å². The largest absolute Gasteiger partial charge is 0.392 e. The predicted molar refractivity (Wildman–Crippen MR) is 98.5 cm³/mol. The maximum atomic E-state index is 11.4. The maximum absolute atomic E-state index is 11.4. The van der Waals surface area contributed by atoms with Gasteiger partial charge in [-0.2, -0.15) is 0 Å². The highest BCUT2D eigenvalue weighted by molar-refractivity contribution is 5.68. The number of benzene rings is 1. The Bertz CT molecular complexity index is 859. The number of aromatic nitrogens is 2. The van der Waals surface area contributed by atoms with Crippen molar-refractivity contribution in [2.24, 2.45) is 17.3 Å². The molecule has 4 bridgehead atoms. The van der Waals surface area contributed by atoms with Crippen LogP contribution in [0.2, 0.25) is 0 Å². The van der Waals surface area contributed by atoms with E-state index in [4.69, 9.17) is 0 Å². The van der Waals surface area contributed by atoms with Gasteiger partial charge in [-0.05, 0) is 67.8 Å². The van der Waals surface area contributed by atoms with Gasteiger partial charge >= 0.3 is 0 Å². The summed E-state index contributed by atoms with van der Waals surface area (Å²) in [6, 6.07) is 8.66. The molecule has 4 nitrogen and oxygen atoms in total. The third-order valence-corrected chi connectivity index (χ3v) is 7.83. The van der Waals surface area contributed by atoms with Crippen molar-refractivity contribution in [3.8, 4) is 11.3 Å². The zero-order valence-electron chi connectivity index (χ0n) is 15.0. The summed E-state index contributed by atoms with van der Waals surface area (Å²) >= 11 is 0. The van der Waals surface area contributed by atoms with E-state index in [1.165, 1.54) is 17.5 Å². The number of fused-ring (bicyclic) bond motifs is 3. The van der Waals surface area contributed by atoms with Crippen molar-refractivity contribution in [3.05, 3.63) is 42.4 Å². The quantitative estimate of drug-likeness (QED) is 0.890. The third-order valence-electron chi connectivity index (χ3n) is 7.83. The number of imidazole rings is 1. The number of rotatable bonds is 3. The highest BCUT2D eigenvalue weighted by atomic mass is 16.3. The predicted octanol–water partition coefficient (Wildman–Crippen LogP) is 3.54. The Morgan fingerprint density at radius 1 is 1.15 bits per heavy atom. The first kappa shape index (κ1) is 15.4. The van der Waals surface area contributed by atoms with Gasteiger partial charge in [0.1, 0.15) is 0 Å². The molecule has 1 aromatic heterocycles. The van der Waals surface area contributed by atoms with E-state index in [9.17, 15) is 10.2 Å². The minimum absolute atomic E-state index is 0.0862. The molecule has 1 aliphatic heterocycles. The molecule has 0 saturated heterocycles. The molecule has 4 heteroatoms. The number of hydrogen-bond donors (Lipinski definition) is 2.